The maximum absolute atomic E-state index is 12.4. The lowest BCUT2D eigenvalue weighted by molar-refractivity contribution is -0.0856. The van der Waals surface area contributed by atoms with Gasteiger partial charge in [0.15, 0.2) is 0 Å². The van der Waals surface area contributed by atoms with Gasteiger partial charge in [0.25, 0.3) is 0 Å². The molecule has 2 heterocycles. The van der Waals surface area contributed by atoms with Gasteiger partial charge in [0.1, 0.15) is 0 Å². The predicted octanol–water partition coefficient (Wildman–Crippen LogP) is 3.14. The lowest BCUT2D eigenvalue weighted by Gasteiger charge is -2.33. The maximum atomic E-state index is 12.4. The van der Waals surface area contributed by atoms with E-state index in [-0.39, 0.29) is 12.1 Å². The lowest BCUT2D eigenvalue weighted by Crippen LogP contribution is -2.47. The molecule has 0 saturated carbocycles. The van der Waals surface area contributed by atoms with Crippen molar-refractivity contribution in [3.8, 4) is 0 Å². The molecule has 0 aliphatic carbocycles. The summed E-state index contributed by atoms with van der Waals surface area (Å²) < 4.78 is 10.9. The number of fused-ring (bicyclic) bond motifs is 1. The van der Waals surface area contributed by atoms with Gasteiger partial charge in [0, 0.05) is 19.6 Å². The SMILES string of the molecule is O=C(NC[C@H]1COCCO1)N1CCC(c2cccc3ccccc23)CC1. The third-order valence-electron chi connectivity index (χ3n) is 5.41. The number of carbonyl (C=O) groups excluding carboxylic acids is 1. The minimum atomic E-state index is -0.0269. The Balaban J connectivity index is 1.32. The largest absolute Gasteiger partial charge is 0.376 e. The fourth-order valence-corrected chi connectivity index (χ4v) is 3.97. The Hall–Kier alpha value is -2.11. The first kappa shape index (κ1) is 17.3. The number of rotatable bonds is 3. The second kappa shape index (κ2) is 8.06. The summed E-state index contributed by atoms with van der Waals surface area (Å²) in [6.07, 6.45) is 1.98. The van der Waals surface area contributed by atoms with Crippen molar-refractivity contribution in [1.29, 1.82) is 0 Å². The van der Waals surface area contributed by atoms with Crippen LogP contribution >= 0.6 is 0 Å². The van der Waals surface area contributed by atoms with Gasteiger partial charge < -0.3 is 19.7 Å². The van der Waals surface area contributed by atoms with Gasteiger partial charge in [-0.15, -0.1) is 0 Å². The minimum Gasteiger partial charge on any atom is -0.376 e. The number of ether oxygens (including phenoxy) is 2. The number of benzene rings is 2. The zero-order valence-corrected chi connectivity index (χ0v) is 15.0. The zero-order valence-electron chi connectivity index (χ0n) is 15.0. The molecular formula is C21H26N2O3. The molecule has 4 rings (SSSR count). The second-order valence-electron chi connectivity index (χ2n) is 7.08. The van der Waals surface area contributed by atoms with Gasteiger partial charge in [-0.3, -0.25) is 0 Å². The number of urea groups is 1. The van der Waals surface area contributed by atoms with E-state index < -0.39 is 0 Å². The van der Waals surface area contributed by atoms with E-state index in [1.54, 1.807) is 0 Å². The Bertz CT molecular complexity index is 745. The summed E-state index contributed by atoms with van der Waals surface area (Å²) in [4.78, 5) is 14.3. The molecule has 1 atom stereocenters. The van der Waals surface area contributed by atoms with Gasteiger partial charge in [-0.2, -0.15) is 0 Å². The van der Waals surface area contributed by atoms with E-state index in [0.29, 0.717) is 32.3 Å². The van der Waals surface area contributed by atoms with Gasteiger partial charge in [0.2, 0.25) is 0 Å². The smallest absolute Gasteiger partial charge is 0.317 e. The molecule has 138 valence electrons. The highest BCUT2D eigenvalue weighted by molar-refractivity contribution is 5.86. The van der Waals surface area contributed by atoms with E-state index in [9.17, 15) is 4.79 Å². The molecule has 5 nitrogen and oxygen atoms in total. The highest BCUT2D eigenvalue weighted by atomic mass is 16.6. The van der Waals surface area contributed by atoms with Crippen LogP contribution in [0, 0.1) is 0 Å². The molecule has 0 unspecified atom stereocenters. The van der Waals surface area contributed by atoms with E-state index in [0.717, 1.165) is 25.9 Å². The standard InChI is InChI=1S/C21H26N2O3/c24-21(22-14-18-15-25-12-13-26-18)23-10-8-17(9-11-23)20-7-3-5-16-4-1-2-6-19(16)20/h1-7,17-18H,8-15H2,(H,22,24)/t18-/m0/s1. The van der Waals surface area contributed by atoms with Crippen LogP contribution in [-0.4, -0.2) is 56.5 Å². The molecule has 5 heteroatoms. The Morgan fingerprint density at radius 2 is 1.88 bits per heavy atom. The fraction of sp³-hybridized carbons (Fsp3) is 0.476. The van der Waals surface area contributed by atoms with Crippen molar-refractivity contribution in [3.63, 3.8) is 0 Å². The van der Waals surface area contributed by atoms with Gasteiger partial charge in [-0.05, 0) is 35.1 Å². The van der Waals surface area contributed by atoms with Gasteiger partial charge in [0.05, 0.1) is 25.9 Å². The predicted molar refractivity (Wildman–Crippen MR) is 101 cm³/mol. The molecule has 0 spiro atoms. The van der Waals surface area contributed by atoms with E-state index in [4.69, 9.17) is 9.47 Å². The van der Waals surface area contributed by atoms with Crippen LogP contribution in [-0.2, 0) is 9.47 Å². The number of piperidine rings is 1. The van der Waals surface area contributed by atoms with Crippen molar-refractivity contribution in [2.45, 2.75) is 24.9 Å². The van der Waals surface area contributed by atoms with Crippen molar-refractivity contribution >= 4 is 16.8 Å². The fourth-order valence-electron chi connectivity index (χ4n) is 3.97. The molecule has 0 radical (unpaired) electrons. The van der Waals surface area contributed by atoms with E-state index in [1.807, 2.05) is 4.90 Å². The monoisotopic (exact) mass is 354 g/mol. The second-order valence-corrected chi connectivity index (χ2v) is 7.08. The third-order valence-corrected chi connectivity index (χ3v) is 5.41. The summed E-state index contributed by atoms with van der Waals surface area (Å²) in [5.41, 5.74) is 1.41. The van der Waals surface area contributed by atoms with Crippen LogP contribution in [0.3, 0.4) is 0 Å². The van der Waals surface area contributed by atoms with Crippen molar-refractivity contribution in [2.75, 3.05) is 39.5 Å². The van der Waals surface area contributed by atoms with E-state index in [1.165, 1.54) is 16.3 Å². The number of hydrogen-bond donors (Lipinski definition) is 1. The molecule has 1 N–H and O–H groups in total. The summed E-state index contributed by atoms with van der Waals surface area (Å²) in [5.74, 6) is 0.514. The topological polar surface area (TPSA) is 50.8 Å². The van der Waals surface area contributed by atoms with Crippen LogP contribution in [0.4, 0.5) is 4.79 Å². The van der Waals surface area contributed by atoms with Crippen molar-refractivity contribution in [3.05, 3.63) is 48.0 Å². The first-order chi connectivity index (χ1) is 12.8. The molecule has 2 aliphatic heterocycles. The number of likely N-dealkylation sites (tertiary alicyclic amines) is 1. The van der Waals surface area contributed by atoms with Crippen LogP contribution < -0.4 is 5.32 Å². The number of hydrogen-bond acceptors (Lipinski definition) is 3. The molecule has 26 heavy (non-hydrogen) atoms. The molecule has 0 aromatic heterocycles. The molecular weight excluding hydrogens is 328 g/mol. The lowest BCUT2D eigenvalue weighted by atomic mass is 9.86. The molecule has 0 bridgehead atoms. The quantitative estimate of drug-likeness (QED) is 0.921. The minimum absolute atomic E-state index is 0.00976. The van der Waals surface area contributed by atoms with Gasteiger partial charge in [-0.25, -0.2) is 4.79 Å². The third kappa shape index (κ3) is 3.84. The van der Waals surface area contributed by atoms with Crippen LogP contribution in [0.5, 0.6) is 0 Å². The summed E-state index contributed by atoms with van der Waals surface area (Å²) >= 11 is 0. The highest BCUT2D eigenvalue weighted by Crippen LogP contribution is 2.33. The molecule has 2 fully saturated rings. The molecule has 2 aliphatic rings. The Kier molecular flexibility index (Phi) is 5.37. The van der Waals surface area contributed by atoms with Crippen LogP contribution in [0.2, 0.25) is 0 Å². The van der Waals surface area contributed by atoms with Crippen molar-refractivity contribution in [1.82, 2.24) is 10.2 Å². The van der Waals surface area contributed by atoms with Crippen molar-refractivity contribution < 1.29 is 14.3 Å². The highest BCUT2D eigenvalue weighted by Gasteiger charge is 2.25. The summed E-state index contributed by atoms with van der Waals surface area (Å²) in [7, 11) is 0. The number of amides is 2. The molecule has 2 aromatic carbocycles. The molecule has 2 aromatic rings. The van der Waals surface area contributed by atoms with Crippen LogP contribution in [0.25, 0.3) is 10.8 Å². The summed E-state index contributed by atoms with van der Waals surface area (Å²) in [5, 5.41) is 5.62. The van der Waals surface area contributed by atoms with Crippen LogP contribution in [0.1, 0.15) is 24.3 Å². The summed E-state index contributed by atoms with van der Waals surface area (Å²) in [6.45, 7) is 3.91. The Morgan fingerprint density at radius 3 is 2.69 bits per heavy atom. The average Bonchev–Trinajstić information content (AvgIpc) is 2.72. The van der Waals surface area contributed by atoms with E-state index in [2.05, 4.69) is 47.8 Å². The van der Waals surface area contributed by atoms with Crippen molar-refractivity contribution in [2.24, 2.45) is 0 Å². The zero-order chi connectivity index (χ0) is 17.8. The number of nitrogens with zero attached hydrogens (tertiary/aromatic N) is 1. The molecule has 2 saturated heterocycles. The Labute approximate surface area is 154 Å². The van der Waals surface area contributed by atoms with Gasteiger partial charge in [-0.1, -0.05) is 42.5 Å². The van der Waals surface area contributed by atoms with E-state index >= 15 is 0 Å². The first-order valence-corrected chi connectivity index (χ1v) is 9.51. The molecule has 2 amide bonds. The Morgan fingerprint density at radius 1 is 1.08 bits per heavy atom. The normalized spacial score (nSPS) is 21.7. The first-order valence-electron chi connectivity index (χ1n) is 9.51. The van der Waals surface area contributed by atoms with Gasteiger partial charge >= 0.3 is 6.03 Å². The number of carbonyl (C=O) groups is 1. The average molecular weight is 354 g/mol. The maximum Gasteiger partial charge on any atom is 0.317 e. The number of nitrogens with one attached hydrogen (secondary N) is 1. The van der Waals surface area contributed by atoms with Crippen LogP contribution in [0.15, 0.2) is 42.5 Å². The summed E-state index contributed by atoms with van der Waals surface area (Å²) in [6, 6.07) is 15.1.